The quantitative estimate of drug-likeness (QED) is 0.0172. The first-order chi connectivity index (χ1) is 28.8. The number of nitrogens with one attached hydrogen (secondary N) is 9. The van der Waals surface area contributed by atoms with Gasteiger partial charge in [0.15, 0.2) is 0 Å². The molecule has 344 valence electrons. The number of thioether (sulfide) groups is 1. The number of carbonyl (C=O) groups is 10. The maximum Gasteiger partial charge on any atom is 0.315 e. The highest BCUT2D eigenvalue weighted by Gasteiger charge is 2.42. The topological polar surface area (TPSA) is 345 Å². The molecule has 0 aliphatic carbocycles. The molecule has 10 amide bonds. The SMILES string of the molecule is CC[C@H](C)[C@H](NC(=O)[C@H](CC(=O)O)NC(=O)C(CC(=O)NO)CC(C)C)C(=O)NCC(=O)NCC(=O)N[C@@H](CCCCNC(=O)CCCC[C@@H]1SC[C@@H]2NC(=O)N[C@@H]21)C(N)=O. The van der Waals surface area contributed by atoms with Crippen molar-refractivity contribution >= 4 is 71.0 Å². The summed E-state index contributed by atoms with van der Waals surface area (Å²) in [5.41, 5.74) is 6.91. The Morgan fingerprint density at radius 2 is 1.49 bits per heavy atom. The molecule has 2 fully saturated rings. The molecule has 0 saturated carbocycles. The third-order valence-electron chi connectivity index (χ3n) is 10.4. The maximum absolute atomic E-state index is 13.3. The molecular formula is C38H64N10O12S. The van der Waals surface area contributed by atoms with Crippen LogP contribution in [0.15, 0.2) is 0 Å². The van der Waals surface area contributed by atoms with Gasteiger partial charge in [-0.05, 0) is 50.4 Å². The molecular weight excluding hydrogens is 821 g/mol. The minimum atomic E-state index is -1.64. The lowest BCUT2D eigenvalue weighted by Crippen LogP contribution is -2.57. The highest BCUT2D eigenvalue weighted by Crippen LogP contribution is 2.33. The number of primary amides is 1. The Balaban J connectivity index is 1.76. The largest absolute Gasteiger partial charge is 0.481 e. The van der Waals surface area contributed by atoms with Crippen molar-refractivity contribution in [1.82, 2.24) is 48.0 Å². The number of nitrogens with two attached hydrogens (primary N) is 1. The number of rotatable bonds is 29. The number of carboxylic acid groups (broad SMARTS) is 1. The summed E-state index contributed by atoms with van der Waals surface area (Å²) in [4.78, 5) is 124. The van der Waals surface area contributed by atoms with Crippen molar-refractivity contribution in [1.29, 1.82) is 0 Å². The van der Waals surface area contributed by atoms with Crippen LogP contribution in [0.25, 0.3) is 0 Å². The molecule has 8 atom stereocenters. The molecule has 0 aromatic heterocycles. The highest BCUT2D eigenvalue weighted by atomic mass is 32.2. The zero-order valence-corrected chi connectivity index (χ0v) is 36.1. The van der Waals surface area contributed by atoms with Crippen LogP contribution >= 0.6 is 11.8 Å². The number of hydroxylamine groups is 1. The first kappa shape index (κ1) is 51.9. The van der Waals surface area contributed by atoms with Gasteiger partial charge in [-0.15, -0.1) is 0 Å². The number of aliphatic carboxylic acids is 1. The van der Waals surface area contributed by atoms with Gasteiger partial charge in [0.25, 0.3) is 0 Å². The van der Waals surface area contributed by atoms with Crippen molar-refractivity contribution in [3.8, 4) is 0 Å². The van der Waals surface area contributed by atoms with Gasteiger partial charge >= 0.3 is 12.0 Å². The lowest BCUT2D eigenvalue weighted by molar-refractivity contribution is -0.142. The van der Waals surface area contributed by atoms with Crippen molar-refractivity contribution < 1.29 is 58.3 Å². The summed E-state index contributed by atoms with van der Waals surface area (Å²) in [7, 11) is 0. The summed E-state index contributed by atoms with van der Waals surface area (Å²) in [5, 5.41) is 39.3. The molecule has 1 unspecified atom stereocenters. The molecule has 0 aromatic carbocycles. The zero-order chi connectivity index (χ0) is 45.6. The van der Waals surface area contributed by atoms with Crippen molar-refractivity contribution in [3.63, 3.8) is 0 Å². The van der Waals surface area contributed by atoms with Gasteiger partial charge in [-0.1, -0.05) is 40.5 Å². The third-order valence-corrected chi connectivity index (χ3v) is 11.9. The van der Waals surface area contributed by atoms with Gasteiger partial charge < -0.3 is 53.4 Å². The molecule has 2 aliphatic rings. The van der Waals surface area contributed by atoms with Crippen LogP contribution in [0.3, 0.4) is 0 Å². The molecule has 0 aromatic rings. The molecule has 0 bridgehead atoms. The Bertz CT molecular complexity index is 1570. The third kappa shape index (κ3) is 19.4. The second-order valence-corrected chi connectivity index (χ2v) is 17.1. The molecule has 2 saturated heterocycles. The summed E-state index contributed by atoms with van der Waals surface area (Å²) in [5.74, 6) is -8.00. The van der Waals surface area contributed by atoms with Gasteiger partial charge in [0.1, 0.15) is 18.1 Å². The Morgan fingerprint density at radius 1 is 0.787 bits per heavy atom. The summed E-state index contributed by atoms with van der Waals surface area (Å²) < 4.78 is 0. The van der Waals surface area contributed by atoms with E-state index in [1.807, 2.05) is 11.8 Å². The fourth-order valence-electron chi connectivity index (χ4n) is 6.86. The van der Waals surface area contributed by atoms with Gasteiger partial charge in [-0.25, -0.2) is 10.3 Å². The van der Waals surface area contributed by atoms with E-state index in [9.17, 15) is 53.1 Å². The Hall–Kier alpha value is -5.19. The smallest absolute Gasteiger partial charge is 0.315 e. The lowest BCUT2D eigenvalue weighted by Gasteiger charge is -2.27. The number of urea groups is 1. The number of unbranched alkanes of at least 4 members (excludes halogenated alkanes) is 2. The standard InChI is InChI=1S/C38H64N10O12S/c1-5-21(4)32(46-36(57)24(16-31(53)54)44-35(56)22(14-20(2)3)15-28(50)48-60)37(58)42-17-29(51)41-18-30(52)43-23(34(39)55)10-8-9-13-40-27(49)12-7-6-11-26-33-25(19-61-26)45-38(59)47-33/h20-26,32-33,60H,5-19H2,1-4H3,(H2,39,55)(H,40,49)(H,41,51)(H,42,58)(H,43,52)(H,44,56)(H,46,57)(H,48,50)(H,53,54)(H2,45,47,59)/t21-,22?,23-,24-,25-,26-,32-,33-/m0/s1. The summed E-state index contributed by atoms with van der Waals surface area (Å²) in [6, 6.07) is -3.78. The fourth-order valence-corrected chi connectivity index (χ4v) is 8.41. The number of carbonyl (C=O) groups excluding carboxylic acids is 9. The van der Waals surface area contributed by atoms with Gasteiger partial charge in [-0.3, -0.25) is 48.4 Å². The molecule has 0 radical (unpaired) electrons. The lowest BCUT2D eigenvalue weighted by atomic mass is 9.92. The van der Waals surface area contributed by atoms with Crippen LogP contribution in [0.4, 0.5) is 4.79 Å². The molecule has 2 rings (SSSR count). The average Bonchev–Trinajstić information content (AvgIpc) is 3.76. The second kappa shape index (κ2) is 26.9. The van der Waals surface area contributed by atoms with Crippen LogP contribution in [-0.2, 0) is 43.2 Å². The molecule has 61 heavy (non-hydrogen) atoms. The number of hydrogen-bond donors (Lipinski definition) is 12. The van der Waals surface area contributed by atoms with Crippen molar-refractivity contribution in [3.05, 3.63) is 0 Å². The Labute approximate surface area is 359 Å². The maximum atomic E-state index is 13.3. The van der Waals surface area contributed by atoms with E-state index in [0.29, 0.717) is 43.9 Å². The minimum Gasteiger partial charge on any atom is -0.481 e. The van der Waals surface area contributed by atoms with E-state index < -0.39 is 103 Å². The fraction of sp³-hybridized carbons (Fsp3) is 0.737. The molecule has 23 heteroatoms. The zero-order valence-electron chi connectivity index (χ0n) is 35.3. The first-order valence-electron chi connectivity index (χ1n) is 20.7. The van der Waals surface area contributed by atoms with Crippen molar-refractivity contribution in [2.75, 3.05) is 25.4 Å². The predicted octanol–water partition coefficient (Wildman–Crippen LogP) is -1.75. The molecule has 22 nitrogen and oxygen atoms in total. The van der Waals surface area contributed by atoms with Crippen LogP contribution in [0, 0.1) is 17.8 Å². The number of hydrogen-bond acceptors (Lipinski definition) is 12. The minimum absolute atomic E-state index is 0.0742. The molecule has 2 heterocycles. The van der Waals surface area contributed by atoms with E-state index in [4.69, 9.17) is 10.9 Å². The first-order valence-corrected chi connectivity index (χ1v) is 21.7. The van der Waals surface area contributed by atoms with Crippen LogP contribution in [0.1, 0.15) is 98.3 Å². The molecule has 0 spiro atoms. The highest BCUT2D eigenvalue weighted by molar-refractivity contribution is 8.00. The number of amides is 10. The van der Waals surface area contributed by atoms with E-state index >= 15 is 0 Å². The van der Waals surface area contributed by atoms with Gasteiger partial charge in [0.05, 0.1) is 31.6 Å². The second-order valence-electron chi connectivity index (χ2n) is 15.8. The normalized spacial score (nSPS) is 19.0. The van der Waals surface area contributed by atoms with Gasteiger partial charge in [0.2, 0.25) is 47.3 Å². The average molecular weight is 885 g/mol. The van der Waals surface area contributed by atoms with Crippen LogP contribution in [-0.4, -0.2) is 130 Å². The summed E-state index contributed by atoms with van der Waals surface area (Å²) in [6.45, 7) is 6.12. The summed E-state index contributed by atoms with van der Waals surface area (Å²) >= 11 is 1.83. The van der Waals surface area contributed by atoms with Gasteiger partial charge in [0, 0.05) is 36.3 Å². The van der Waals surface area contributed by atoms with Crippen molar-refractivity contribution in [2.24, 2.45) is 23.5 Å². The Morgan fingerprint density at radius 3 is 2.13 bits per heavy atom. The van der Waals surface area contributed by atoms with Gasteiger partial charge in [-0.2, -0.15) is 11.8 Å². The van der Waals surface area contributed by atoms with E-state index in [2.05, 4.69) is 42.5 Å². The monoisotopic (exact) mass is 884 g/mol. The van der Waals surface area contributed by atoms with Crippen LogP contribution in [0.5, 0.6) is 0 Å². The number of carboxylic acids is 1. The Kier molecular flexibility index (Phi) is 22.9. The van der Waals surface area contributed by atoms with Crippen LogP contribution < -0.4 is 53.7 Å². The van der Waals surface area contributed by atoms with E-state index in [0.717, 1.165) is 18.6 Å². The van der Waals surface area contributed by atoms with E-state index in [1.165, 1.54) is 5.48 Å². The number of fused-ring (bicyclic) bond motifs is 1. The molecule has 2 aliphatic heterocycles. The summed E-state index contributed by atoms with van der Waals surface area (Å²) in [6.07, 6.45) is 3.28. The predicted molar refractivity (Wildman–Crippen MR) is 221 cm³/mol. The molecule has 13 N–H and O–H groups in total. The van der Waals surface area contributed by atoms with E-state index in [-0.39, 0.29) is 42.8 Å². The van der Waals surface area contributed by atoms with Crippen LogP contribution in [0.2, 0.25) is 0 Å². The van der Waals surface area contributed by atoms with Crippen molar-refractivity contribution in [2.45, 2.75) is 134 Å². The van der Waals surface area contributed by atoms with E-state index in [1.54, 1.807) is 27.7 Å².